The van der Waals surface area contributed by atoms with Crippen molar-refractivity contribution in [3.8, 4) is 22.9 Å². The molecule has 41 heavy (non-hydrogen) atoms. The second kappa shape index (κ2) is 11.8. The number of benzene rings is 2. The van der Waals surface area contributed by atoms with E-state index in [1.54, 1.807) is 42.3 Å². The number of carbonyl (C=O) groups is 1. The summed E-state index contributed by atoms with van der Waals surface area (Å²) < 4.78 is 41.6. The number of nitrogens with one attached hydrogen (secondary N) is 1. The minimum Gasteiger partial charge on any atom is -0.484 e. The van der Waals surface area contributed by atoms with Crippen LogP contribution in [0.25, 0.3) is 11.3 Å². The molecule has 1 unspecified atom stereocenters. The molecule has 1 saturated heterocycles. The first-order chi connectivity index (χ1) is 19.6. The molecule has 13 heteroatoms. The Morgan fingerprint density at radius 3 is 2.59 bits per heavy atom. The number of hydrogen-bond acceptors (Lipinski definition) is 8. The minimum atomic E-state index is -4.00. The summed E-state index contributed by atoms with van der Waals surface area (Å²) >= 11 is 5.99. The molecule has 11 nitrogen and oxygen atoms in total. The van der Waals surface area contributed by atoms with Crippen molar-refractivity contribution in [2.45, 2.75) is 31.3 Å². The number of sulfonamides is 1. The van der Waals surface area contributed by atoms with Crippen LogP contribution < -0.4 is 14.2 Å². The quantitative estimate of drug-likeness (QED) is 0.307. The van der Waals surface area contributed by atoms with Gasteiger partial charge in [-0.1, -0.05) is 35.9 Å². The van der Waals surface area contributed by atoms with Gasteiger partial charge in [0, 0.05) is 42.9 Å². The fourth-order valence-corrected chi connectivity index (χ4v) is 5.72. The van der Waals surface area contributed by atoms with Crippen LogP contribution in [0.5, 0.6) is 11.6 Å². The molecule has 1 N–H and O–H groups in total. The van der Waals surface area contributed by atoms with E-state index in [-0.39, 0.29) is 35.3 Å². The van der Waals surface area contributed by atoms with Crippen molar-refractivity contribution in [3.05, 3.63) is 77.1 Å². The molecule has 4 aromatic rings. The second-order valence-electron chi connectivity index (χ2n) is 9.75. The van der Waals surface area contributed by atoms with Gasteiger partial charge >= 0.3 is 0 Å². The Bertz CT molecular complexity index is 1670. The Morgan fingerprint density at radius 1 is 1.12 bits per heavy atom. The van der Waals surface area contributed by atoms with E-state index >= 15 is 0 Å². The summed E-state index contributed by atoms with van der Waals surface area (Å²) in [4.78, 5) is 23.3. The molecule has 1 amide bonds. The molecule has 0 radical (unpaired) electrons. The van der Waals surface area contributed by atoms with Gasteiger partial charge in [-0.15, -0.1) is 0 Å². The highest BCUT2D eigenvalue weighted by Crippen LogP contribution is 2.30. The van der Waals surface area contributed by atoms with E-state index in [0.717, 1.165) is 16.7 Å². The van der Waals surface area contributed by atoms with Crippen LogP contribution in [-0.2, 0) is 21.9 Å². The molecule has 0 saturated carbocycles. The topological polar surface area (TPSA) is 129 Å². The third-order valence-corrected chi connectivity index (χ3v) is 8.12. The normalized spacial score (nSPS) is 15.1. The summed E-state index contributed by atoms with van der Waals surface area (Å²) in [6, 6.07) is 14.4. The first-order valence-electron chi connectivity index (χ1n) is 12.9. The number of rotatable bonds is 9. The average Bonchev–Trinajstić information content (AvgIpc) is 3.56. The number of amides is 1. The highest BCUT2D eigenvalue weighted by molar-refractivity contribution is 7.92. The van der Waals surface area contributed by atoms with Crippen molar-refractivity contribution in [2.24, 2.45) is 7.05 Å². The van der Waals surface area contributed by atoms with Gasteiger partial charge in [-0.25, -0.2) is 18.1 Å². The van der Waals surface area contributed by atoms with Crippen LogP contribution >= 0.6 is 11.6 Å². The minimum absolute atomic E-state index is 0.0199. The van der Waals surface area contributed by atoms with Crippen molar-refractivity contribution < 1.29 is 22.7 Å². The van der Waals surface area contributed by atoms with Crippen LogP contribution in [0.3, 0.4) is 0 Å². The van der Waals surface area contributed by atoms with Crippen LogP contribution in [-0.4, -0.2) is 64.8 Å². The first-order valence-corrected chi connectivity index (χ1v) is 14.7. The summed E-state index contributed by atoms with van der Waals surface area (Å²) in [6.07, 6.45) is 2.85. The zero-order valence-electron chi connectivity index (χ0n) is 22.7. The van der Waals surface area contributed by atoms with Crippen LogP contribution in [0, 0.1) is 13.8 Å². The van der Waals surface area contributed by atoms with E-state index in [4.69, 9.17) is 21.1 Å². The van der Waals surface area contributed by atoms with Crippen molar-refractivity contribution in [2.75, 3.05) is 24.4 Å². The maximum atomic E-state index is 13.0. The molecule has 214 valence electrons. The number of halogens is 1. The molecular weight excluding hydrogens is 568 g/mol. The van der Waals surface area contributed by atoms with Crippen molar-refractivity contribution in [1.29, 1.82) is 0 Å². The monoisotopic (exact) mass is 596 g/mol. The number of ether oxygens (including phenoxy) is 2. The SMILES string of the molecule is Cc1cccc(C)c1-c1cc(OC2CCN(C(=O)COc3cccc(Cl)c3)C2)nc(NS(=O)(=O)c2cnn(C)c2)n1. The fourth-order valence-electron chi connectivity index (χ4n) is 4.61. The molecule has 1 atom stereocenters. The Kier molecular flexibility index (Phi) is 8.13. The van der Waals surface area contributed by atoms with Gasteiger partial charge in [0.25, 0.3) is 15.9 Å². The van der Waals surface area contributed by atoms with Gasteiger partial charge in [-0.3, -0.25) is 9.48 Å². The first kappa shape index (κ1) is 28.4. The Hall–Kier alpha value is -4.16. The predicted octanol–water partition coefficient (Wildman–Crippen LogP) is 4.01. The molecule has 1 aliphatic heterocycles. The van der Waals surface area contributed by atoms with Gasteiger partial charge < -0.3 is 14.4 Å². The van der Waals surface area contributed by atoms with Gasteiger partial charge in [-0.05, 0) is 43.2 Å². The third kappa shape index (κ3) is 6.77. The lowest BCUT2D eigenvalue weighted by Crippen LogP contribution is -2.34. The molecule has 0 bridgehead atoms. The molecule has 2 aromatic heterocycles. The summed E-state index contributed by atoms with van der Waals surface area (Å²) in [7, 11) is -2.37. The third-order valence-electron chi connectivity index (χ3n) is 6.60. The molecule has 1 fully saturated rings. The summed E-state index contributed by atoms with van der Waals surface area (Å²) in [5, 5.41) is 4.46. The van der Waals surface area contributed by atoms with Gasteiger partial charge in [-0.2, -0.15) is 10.1 Å². The molecule has 2 aromatic carbocycles. The molecule has 0 spiro atoms. The summed E-state index contributed by atoms with van der Waals surface area (Å²) in [6.45, 7) is 4.60. The lowest BCUT2D eigenvalue weighted by molar-refractivity contribution is -0.132. The molecule has 1 aliphatic rings. The number of aryl methyl sites for hydroxylation is 3. The maximum absolute atomic E-state index is 13.0. The number of anilines is 1. The van der Waals surface area contributed by atoms with E-state index in [0.29, 0.717) is 36.0 Å². The largest absolute Gasteiger partial charge is 0.484 e. The molecule has 0 aliphatic carbocycles. The molecule has 3 heterocycles. The average molecular weight is 597 g/mol. The fraction of sp³-hybridized carbons (Fsp3) is 0.286. The zero-order valence-corrected chi connectivity index (χ0v) is 24.3. The van der Waals surface area contributed by atoms with E-state index in [1.807, 2.05) is 32.0 Å². The lowest BCUT2D eigenvalue weighted by Gasteiger charge is -2.18. The Labute approximate surface area is 243 Å². The van der Waals surface area contributed by atoms with Crippen molar-refractivity contribution >= 4 is 33.5 Å². The molecule has 5 rings (SSSR count). The number of carbonyl (C=O) groups excluding carboxylic acids is 1. The smallest absolute Gasteiger partial charge is 0.267 e. The maximum Gasteiger partial charge on any atom is 0.267 e. The molecular formula is C28H29ClN6O5S. The van der Waals surface area contributed by atoms with Crippen LogP contribution in [0.2, 0.25) is 5.02 Å². The Morgan fingerprint density at radius 2 is 1.88 bits per heavy atom. The van der Waals surface area contributed by atoms with E-state index in [2.05, 4.69) is 19.8 Å². The van der Waals surface area contributed by atoms with Gasteiger partial charge in [0.1, 0.15) is 16.7 Å². The van der Waals surface area contributed by atoms with Gasteiger partial charge in [0.2, 0.25) is 11.8 Å². The standard InChI is InChI=1S/C28H29ClN6O5S/c1-18-6-4-7-19(2)27(18)24-13-25(32-28(31-24)33-41(37,38)23-14-30-34(3)16-23)40-22-10-11-35(15-22)26(36)17-39-21-9-5-8-20(29)12-21/h4-9,12-14,16,22H,10-11,15,17H2,1-3H3,(H,31,32,33). The highest BCUT2D eigenvalue weighted by Gasteiger charge is 2.29. The Balaban J connectivity index is 1.35. The van der Waals surface area contributed by atoms with Crippen LogP contribution in [0.4, 0.5) is 5.95 Å². The second-order valence-corrected chi connectivity index (χ2v) is 11.9. The summed E-state index contributed by atoms with van der Waals surface area (Å²) in [5.74, 6) is 0.389. The summed E-state index contributed by atoms with van der Waals surface area (Å²) in [5.41, 5.74) is 3.29. The number of nitrogens with zero attached hydrogens (tertiary/aromatic N) is 5. The van der Waals surface area contributed by atoms with Crippen molar-refractivity contribution in [1.82, 2.24) is 24.6 Å². The van der Waals surface area contributed by atoms with Gasteiger partial charge in [0.05, 0.1) is 18.4 Å². The number of likely N-dealkylation sites (tertiary alicyclic amines) is 1. The van der Waals surface area contributed by atoms with Gasteiger partial charge in [0.15, 0.2) is 6.61 Å². The van der Waals surface area contributed by atoms with Crippen LogP contribution in [0.15, 0.2) is 65.8 Å². The lowest BCUT2D eigenvalue weighted by atomic mass is 10.00. The van der Waals surface area contributed by atoms with E-state index in [9.17, 15) is 13.2 Å². The number of hydrogen-bond donors (Lipinski definition) is 1. The van der Waals surface area contributed by atoms with Crippen LogP contribution in [0.1, 0.15) is 17.5 Å². The van der Waals surface area contributed by atoms with E-state index in [1.165, 1.54) is 17.1 Å². The zero-order chi connectivity index (χ0) is 29.1. The van der Waals surface area contributed by atoms with Crippen molar-refractivity contribution in [3.63, 3.8) is 0 Å². The highest BCUT2D eigenvalue weighted by atomic mass is 35.5. The number of aromatic nitrogens is 4. The predicted molar refractivity (Wildman–Crippen MR) is 154 cm³/mol. The van der Waals surface area contributed by atoms with E-state index < -0.39 is 10.0 Å².